The quantitative estimate of drug-likeness (QED) is 0.462. The highest BCUT2D eigenvalue weighted by molar-refractivity contribution is 5.28. The third-order valence-electron chi connectivity index (χ3n) is 7.05. The highest BCUT2D eigenvalue weighted by Crippen LogP contribution is 2.45. The van der Waals surface area contributed by atoms with Gasteiger partial charge in [-0.3, -0.25) is 0 Å². The van der Waals surface area contributed by atoms with Gasteiger partial charge in [0.1, 0.15) is 0 Å². The van der Waals surface area contributed by atoms with Gasteiger partial charge in [0.15, 0.2) is 11.6 Å². The largest absolute Gasteiger partial charge is 0.203 e. The fraction of sp³-hybridized carbons (Fsp3) is 0.667. The predicted molar refractivity (Wildman–Crippen MR) is 110 cm³/mol. The number of allylic oxidation sites excluding steroid dienone is 2. The summed E-state index contributed by atoms with van der Waals surface area (Å²) in [6.07, 6.45) is 17.0. The fourth-order valence-corrected chi connectivity index (χ4v) is 5.32. The third kappa shape index (κ3) is 4.56. The molecule has 0 bridgehead atoms. The molecule has 0 aromatic heterocycles. The van der Waals surface area contributed by atoms with Crippen LogP contribution in [-0.4, -0.2) is 0 Å². The molecule has 0 amide bonds. The molecule has 2 heteroatoms. The maximum Gasteiger partial charge on any atom is 0.162 e. The van der Waals surface area contributed by atoms with Crippen LogP contribution in [0, 0.1) is 36.3 Å². The SMILES string of the molecule is C/C=C/CCC1CCC(C2CCC(c3ccc(C)c(F)c3F)CC2)CC1.[HH].[HH]. The van der Waals surface area contributed by atoms with Crippen LogP contribution in [0.3, 0.4) is 0 Å². The molecule has 1 aromatic carbocycles. The Kier molecular flexibility index (Phi) is 6.89. The molecule has 0 radical (unpaired) electrons. The highest BCUT2D eigenvalue weighted by Gasteiger charge is 2.32. The molecule has 0 unspecified atom stereocenters. The summed E-state index contributed by atoms with van der Waals surface area (Å²) in [5.74, 6) is 1.55. The van der Waals surface area contributed by atoms with Crippen molar-refractivity contribution < 1.29 is 11.6 Å². The number of hydrogen-bond donors (Lipinski definition) is 0. The summed E-state index contributed by atoms with van der Waals surface area (Å²) in [5, 5.41) is 0. The van der Waals surface area contributed by atoms with E-state index in [-0.39, 0.29) is 8.77 Å². The lowest BCUT2D eigenvalue weighted by atomic mass is 9.68. The zero-order valence-electron chi connectivity index (χ0n) is 16.4. The van der Waals surface area contributed by atoms with E-state index in [1.807, 2.05) is 6.07 Å². The summed E-state index contributed by atoms with van der Waals surface area (Å²) in [6.45, 7) is 3.73. The van der Waals surface area contributed by atoms with Gasteiger partial charge in [-0.2, -0.15) is 0 Å². The molecular weight excluding hydrogens is 326 g/mol. The van der Waals surface area contributed by atoms with Crippen molar-refractivity contribution >= 4 is 0 Å². The molecule has 0 spiro atoms. The van der Waals surface area contributed by atoms with E-state index in [2.05, 4.69) is 19.1 Å². The van der Waals surface area contributed by atoms with Crippen molar-refractivity contribution in [2.45, 2.75) is 84.0 Å². The van der Waals surface area contributed by atoms with Gasteiger partial charge in [-0.1, -0.05) is 37.1 Å². The van der Waals surface area contributed by atoms with Crippen LogP contribution < -0.4 is 0 Å². The molecule has 2 aliphatic rings. The summed E-state index contributed by atoms with van der Waals surface area (Å²) in [5.41, 5.74) is 1.02. The summed E-state index contributed by atoms with van der Waals surface area (Å²) < 4.78 is 28.2. The first-order valence-electron chi connectivity index (χ1n) is 10.7. The van der Waals surface area contributed by atoms with Crippen LogP contribution in [0.25, 0.3) is 0 Å². The Bertz CT molecular complexity index is 613. The Labute approximate surface area is 161 Å². The molecule has 1 aromatic rings. The van der Waals surface area contributed by atoms with E-state index < -0.39 is 11.6 Å². The predicted octanol–water partition coefficient (Wildman–Crippen LogP) is 8.20. The molecule has 0 saturated heterocycles. The molecule has 3 rings (SSSR count). The van der Waals surface area contributed by atoms with Crippen LogP contribution in [0.1, 0.15) is 91.0 Å². The number of halogens is 2. The Balaban J connectivity index is 0.00000196. The van der Waals surface area contributed by atoms with Crippen LogP contribution >= 0.6 is 0 Å². The normalized spacial score (nSPS) is 30.0. The van der Waals surface area contributed by atoms with Crippen molar-refractivity contribution in [3.63, 3.8) is 0 Å². The van der Waals surface area contributed by atoms with E-state index in [1.165, 1.54) is 51.4 Å². The van der Waals surface area contributed by atoms with Crippen molar-refractivity contribution in [2.24, 2.45) is 17.8 Å². The third-order valence-corrected chi connectivity index (χ3v) is 7.05. The van der Waals surface area contributed by atoms with Crippen LogP contribution in [-0.2, 0) is 0 Å². The average Bonchev–Trinajstić information content (AvgIpc) is 2.67. The zero-order chi connectivity index (χ0) is 18.5. The van der Waals surface area contributed by atoms with Gasteiger partial charge in [0.05, 0.1) is 0 Å². The lowest BCUT2D eigenvalue weighted by molar-refractivity contribution is 0.156. The summed E-state index contributed by atoms with van der Waals surface area (Å²) in [6, 6.07) is 3.55. The van der Waals surface area contributed by atoms with E-state index in [1.54, 1.807) is 13.0 Å². The van der Waals surface area contributed by atoms with Crippen LogP contribution in [0.15, 0.2) is 24.3 Å². The molecule has 0 heterocycles. The first kappa shape index (κ1) is 19.6. The number of benzene rings is 1. The zero-order valence-corrected chi connectivity index (χ0v) is 16.4. The molecule has 2 saturated carbocycles. The maximum absolute atomic E-state index is 14.3. The van der Waals surface area contributed by atoms with Gasteiger partial charge >= 0.3 is 0 Å². The van der Waals surface area contributed by atoms with Crippen molar-refractivity contribution in [1.29, 1.82) is 0 Å². The summed E-state index contributed by atoms with van der Waals surface area (Å²) in [4.78, 5) is 0. The van der Waals surface area contributed by atoms with E-state index >= 15 is 0 Å². The van der Waals surface area contributed by atoms with Crippen molar-refractivity contribution in [2.75, 3.05) is 0 Å². The average molecular weight is 365 g/mol. The molecule has 0 aliphatic heterocycles. The lowest BCUT2D eigenvalue weighted by Crippen LogP contribution is -2.25. The monoisotopic (exact) mass is 364 g/mol. The van der Waals surface area contributed by atoms with E-state index in [4.69, 9.17) is 0 Å². The van der Waals surface area contributed by atoms with Gasteiger partial charge in [0, 0.05) is 2.85 Å². The molecule has 0 N–H and O–H groups in total. The summed E-state index contributed by atoms with van der Waals surface area (Å²) >= 11 is 0. The van der Waals surface area contributed by atoms with Crippen molar-refractivity contribution in [3.05, 3.63) is 47.0 Å². The molecule has 26 heavy (non-hydrogen) atoms. The molecule has 0 nitrogen and oxygen atoms in total. The molecule has 0 atom stereocenters. The summed E-state index contributed by atoms with van der Waals surface area (Å²) in [7, 11) is 0. The maximum atomic E-state index is 14.3. The fourth-order valence-electron chi connectivity index (χ4n) is 5.32. The van der Waals surface area contributed by atoms with Crippen molar-refractivity contribution in [3.8, 4) is 0 Å². The molecular formula is C24H38F2. The topological polar surface area (TPSA) is 0 Å². The van der Waals surface area contributed by atoms with E-state index in [0.717, 1.165) is 30.6 Å². The second-order valence-electron chi connectivity index (χ2n) is 8.64. The smallest absolute Gasteiger partial charge is 0.162 e. The minimum absolute atomic E-state index is 0. The van der Waals surface area contributed by atoms with E-state index in [0.29, 0.717) is 11.1 Å². The van der Waals surface area contributed by atoms with Crippen molar-refractivity contribution in [1.82, 2.24) is 0 Å². The van der Waals surface area contributed by atoms with E-state index in [9.17, 15) is 8.78 Å². The Morgan fingerprint density at radius 3 is 2.15 bits per heavy atom. The number of rotatable bonds is 5. The minimum atomic E-state index is -0.652. The second-order valence-corrected chi connectivity index (χ2v) is 8.64. The lowest BCUT2D eigenvalue weighted by Gasteiger charge is -2.38. The molecule has 2 aliphatic carbocycles. The Morgan fingerprint density at radius 2 is 1.54 bits per heavy atom. The van der Waals surface area contributed by atoms with Gasteiger partial charge in [-0.25, -0.2) is 8.78 Å². The van der Waals surface area contributed by atoms with Crippen LogP contribution in [0.2, 0.25) is 0 Å². The standard InChI is InChI=1S/C24H34F2.2H2/c1-3-4-5-6-18-8-10-19(11-9-18)20-12-14-21(15-13-20)22-16-7-17(2)23(25)24(22)26;;/h3-4,7,16,18-21H,5-6,8-15H2,1-2H3;2*1H/b4-3+;;. The Hall–Kier alpha value is -1.18. The van der Waals surface area contributed by atoms with Gasteiger partial charge in [-0.15, -0.1) is 0 Å². The number of hydrogen-bond acceptors (Lipinski definition) is 0. The molecule has 148 valence electrons. The van der Waals surface area contributed by atoms with Crippen LogP contribution in [0.5, 0.6) is 0 Å². The Morgan fingerprint density at radius 1 is 0.923 bits per heavy atom. The van der Waals surface area contributed by atoms with Gasteiger partial charge in [-0.05, 0) is 100 Å². The first-order valence-corrected chi connectivity index (χ1v) is 10.7. The first-order chi connectivity index (χ1) is 12.6. The van der Waals surface area contributed by atoms with Gasteiger partial charge in [0.25, 0.3) is 0 Å². The minimum Gasteiger partial charge on any atom is -0.203 e. The van der Waals surface area contributed by atoms with Gasteiger partial charge in [0.2, 0.25) is 0 Å². The molecule has 2 fully saturated rings. The second kappa shape index (κ2) is 9.15. The van der Waals surface area contributed by atoms with Gasteiger partial charge < -0.3 is 0 Å². The van der Waals surface area contributed by atoms with Crippen LogP contribution in [0.4, 0.5) is 8.78 Å². The highest BCUT2D eigenvalue weighted by atomic mass is 19.2. The number of aryl methyl sites for hydroxylation is 1.